The van der Waals surface area contributed by atoms with E-state index in [0.717, 1.165) is 6.26 Å². The van der Waals surface area contributed by atoms with E-state index in [1.54, 1.807) is 12.1 Å². The average molecular weight is 214 g/mol. The van der Waals surface area contributed by atoms with Gasteiger partial charge in [-0.1, -0.05) is 12.1 Å². The molecule has 0 bridgehead atoms. The summed E-state index contributed by atoms with van der Waals surface area (Å²) in [4.78, 5) is 1.95. The highest BCUT2D eigenvalue weighted by Crippen LogP contribution is 2.08. The molecule has 0 amide bonds. The fourth-order valence-corrected chi connectivity index (χ4v) is 1.05. The van der Waals surface area contributed by atoms with Gasteiger partial charge in [0, 0.05) is 0 Å². The Labute approximate surface area is 82.1 Å². The third-order valence-electron chi connectivity index (χ3n) is 1.30. The van der Waals surface area contributed by atoms with Gasteiger partial charge in [-0.05, 0) is 17.7 Å². The molecular weight excluding hydrogens is 204 g/mol. The molecule has 6 heteroatoms. The van der Waals surface area contributed by atoms with Crippen LogP contribution in [-0.2, 0) is 10.0 Å². The van der Waals surface area contributed by atoms with Crippen LogP contribution in [-0.4, -0.2) is 26.0 Å². The number of phenolic OH excluding ortho intramolecular Hbond substituents is 1. The fourth-order valence-electron chi connectivity index (χ4n) is 0.802. The molecule has 0 spiro atoms. The summed E-state index contributed by atoms with van der Waals surface area (Å²) < 4.78 is 21.2. The predicted octanol–water partition coefficient (Wildman–Crippen LogP) is 0.275. The van der Waals surface area contributed by atoms with Crippen molar-refractivity contribution >= 4 is 16.2 Å². The third kappa shape index (κ3) is 3.90. The van der Waals surface area contributed by atoms with Gasteiger partial charge in [-0.3, -0.25) is 0 Å². The minimum atomic E-state index is -3.31. The van der Waals surface area contributed by atoms with Crippen LogP contribution in [0.25, 0.3) is 0 Å². The molecule has 0 aliphatic heterocycles. The molecular formula is C8H10N2O3S. The van der Waals surface area contributed by atoms with Gasteiger partial charge in [-0.2, -0.15) is 5.10 Å². The van der Waals surface area contributed by atoms with Crippen LogP contribution in [0.15, 0.2) is 29.4 Å². The fraction of sp³-hybridized carbons (Fsp3) is 0.125. The molecule has 0 unspecified atom stereocenters. The summed E-state index contributed by atoms with van der Waals surface area (Å²) in [5.41, 5.74) is 0.612. The van der Waals surface area contributed by atoms with Gasteiger partial charge in [0.1, 0.15) is 5.75 Å². The number of aromatic hydroxyl groups is 1. The Morgan fingerprint density at radius 2 is 2.21 bits per heavy atom. The van der Waals surface area contributed by atoms with Gasteiger partial charge in [0.25, 0.3) is 0 Å². The molecule has 1 aromatic carbocycles. The van der Waals surface area contributed by atoms with Gasteiger partial charge >= 0.3 is 0 Å². The van der Waals surface area contributed by atoms with Crippen molar-refractivity contribution in [1.82, 2.24) is 4.83 Å². The molecule has 2 N–H and O–H groups in total. The summed E-state index contributed by atoms with van der Waals surface area (Å²) in [5.74, 6) is 0.105. The quantitative estimate of drug-likeness (QED) is 0.560. The molecule has 14 heavy (non-hydrogen) atoms. The first-order valence-corrected chi connectivity index (χ1v) is 5.65. The number of nitrogens with one attached hydrogen (secondary N) is 1. The van der Waals surface area contributed by atoms with Crippen LogP contribution in [0.4, 0.5) is 0 Å². The van der Waals surface area contributed by atoms with Crippen LogP contribution >= 0.6 is 0 Å². The van der Waals surface area contributed by atoms with Crippen LogP contribution in [0.5, 0.6) is 5.75 Å². The first-order valence-electron chi connectivity index (χ1n) is 3.76. The largest absolute Gasteiger partial charge is 0.508 e. The Morgan fingerprint density at radius 3 is 2.79 bits per heavy atom. The Hall–Kier alpha value is -1.56. The first-order chi connectivity index (χ1) is 6.47. The zero-order chi connectivity index (χ0) is 10.6. The third-order valence-corrected chi connectivity index (χ3v) is 1.74. The smallest absolute Gasteiger partial charge is 0.244 e. The number of benzene rings is 1. The molecule has 0 saturated heterocycles. The van der Waals surface area contributed by atoms with Gasteiger partial charge in [-0.25, -0.2) is 13.2 Å². The number of nitrogens with zero attached hydrogens (tertiary/aromatic N) is 1. The zero-order valence-corrected chi connectivity index (χ0v) is 8.32. The number of hydrogen-bond acceptors (Lipinski definition) is 4. The molecule has 5 nitrogen and oxygen atoms in total. The van der Waals surface area contributed by atoms with Gasteiger partial charge in [0.2, 0.25) is 10.0 Å². The molecule has 76 valence electrons. The van der Waals surface area contributed by atoms with E-state index >= 15 is 0 Å². The van der Waals surface area contributed by atoms with Crippen molar-refractivity contribution in [2.45, 2.75) is 0 Å². The minimum Gasteiger partial charge on any atom is -0.508 e. The van der Waals surface area contributed by atoms with E-state index in [2.05, 4.69) is 5.10 Å². The molecule has 0 aliphatic carbocycles. The highest BCUT2D eigenvalue weighted by atomic mass is 32.2. The molecule has 0 aliphatic rings. The van der Waals surface area contributed by atoms with Crippen LogP contribution < -0.4 is 4.83 Å². The summed E-state index contributed by atoms with van der Waals surface area (Å²) in [6.07, 6.45) is 2.31. The lowest BCUT2D eigenvalue weighted by Gasteiger charge is -1.95. The Kier molecular flexibility index (Phi) is 3.08. The van der Waals surface area contributed by atoms with Crippen LogP contribution in [0.1, 0.15) is 5.56 Å². The second-order valence-electron chi connectivity index (χ2n) is 2.72. The Balaban J connectivity index is 2.70. The van der Waals surface area contributed by atoms with E-state index in [4.69, 9.17) is 5.11 Å². The maximum Gasteiger partial charge on any atom is 0.244 e. The molecule has 0 heterocycles. The number of hydrazone groups is 1. The van der Waals surface area contributed by atoms with Crippen molar-refractivity contribution in [3.8, 4) is 5.75 Å². The molecule has 0 fully saturated rings. The molecule has 0 aromatic heterocycles. The van der Waals surface area contributed by atoms with E-state index in [9.17, 15) is 8.42 Å². The van der Waals surface area contributed by atoms with Crippen LogP contribution in [0.2, 0.25) is 0 Å². The van der Waals surface area contributed by atoms with Crippen molar-refractivity contribution in [2.24, 2.45) is 5.10 Å². The van der Waals surface area contributed by atoms with Gasteiger partial charge < -0.3 is 5.11 Å². The Morgan fingerprint density at radius 1 is 1.50 bits per heavy atom. The second-order valence-corrected chi connectivity index (χ2v) is 4.44. The number of sulfonamides is 1. The summed E-state index contributed by atoms with van der Waals surface area (Å²) in [6.45, 7) is 0. The molecule has 0 saturated carbocycles. The van der Waals surface area contributed by atoms with Gasteiger partial charge in [-0.15, -0.1) is 0 Å². The lowest BCUT2D eigenvalue weighted by molar-refractivity contribution is 0.475. The maximum absolute atomic E-state index is 10.6. The van der Waals surface area contributed by atoms with Crippen molar-refractivity contribution in [3.63, 3.8) is 0 Å². The number of rotatable bonds is 3. The van der Waals surface area contributed by atoms with Crippen molar-refractivity contribution < 1.29 is 13.5 Å². The standard InChI is InChI=1S/C8H10N2O3S/c1-14(12,13)10-9-6-7-3-2-4-8(11)5-7/h2-6,10-11H,1H3/b9-6-. The minimum absolute atomic E-state index is 0.105. The maximum atomic E-state index is 10.6. The van der Waals surface area contributed by atoms with E-state index in [1.165, 1.54) is 18.3 Å². The van der Waals surface area contributed by atoms with E-state index in [1.807, 2.05) is 4.83 Å². The van der Waals surface area contributed by atoms with E-state index in [0.29, 0.717) is 5.56 Å². The predicted molar refractivity (Wildman–Crippen MR) is 53.7 cm³/mol. The summed E-state index contributed by atoms with van der Waals surface area (Å²) in [7, 11) is -3.31. The SMILES string of the molecule is CS(=O)(=O)N/N=C\c1cccc(O)c1. The van der Waals surface area contributed by atoms with E-state index < -0.39 is 10.0 Å². The van der Waals surface area contributed by atoms with Crippen molar-refractivity contribution in [1.29, 1.82) is 0 Å². The summed E-state index contributed by atoms with van der Waals surface area (Å²) >= 11 is 0. The number of phenols is 1. The van der Waals surface area contributed by atoms with Gasteiger partial charge in [0.15, 0.2) is 0 Å². The monoisotopic (exact) mass is 214 g/mol. The Bertz CT molecular complexity index is 440. The normalized spacial score (nSPS) is 11.8. The summed E-state index contributed by atoms with van der Waals surface area (Å²) in [6, 6.07) is 6.30. The number of hydrogen-bond donors (Lipinski definition) is 2. The molecule has 1 rings (SSSR count). The van der Waals surface area contributed by atoms with Crippen LogP contribution in [0.3, 0.4) is 0 Å². The highest BCUT2D eigenvalue weighted by molar-refractivity contribution is 7.88. The lowest BCUT2D eigenvalue weighted by Crippen LogP contribution is -2.15. The van der Waals surface area contributed by atoms with Gasteiger partial charge in [0.05, 0.1) is 12.5 Å². The van der Waals surface area contributed by atoms with E-state index in [-0.39, 0.29) is 5.75 Å². The lowest BCUT2D eigenvalue weighted by atomic mass is 10.2. The zero-order valence-electron chi connectivity index (χ0n) is 7.51. The second kappa shape index (κ2) is 4.10. The molecule has 0 atom stereocenters. The van der Waals surface area contributed by atoms with Crippen molar-refractivity contribution in [3.05, 3.63) is 29.8 Å². The molecule has 1 aromatic rings. The van der Waals surface area contributed by atoms with Crippen LogP contribution in [0, 0.1) is 0 Å². The first kappa shape index (κ1) is 10.5. The highest BCUT2D eigenvalue weighted by Gasteiger charge is 1.94. The molecule has 0 radical (unpaired) electrons. The van der Waals surface area contributed by atoms with Crippen molar-refractivity contribution in [2.75, 3.05) is 6.26 Å². The average Bonchev–Trinajstić information content (AvgIpc) is 2.01. The summed E-state index contributed by atoms with van der Waals surface area (Å²) in [5, 5.41) is 12.6. The topological polar surface area (TPSA) is 78.8 Å².